The van der Waals surface area contributed by atoms with E-state index in [-0.39, 0.29) is 5.91 Å². The van der Waals surface area contributed by atoms with Gasteiger partial charge in [-0.2, -0.15) is 0 Å². The van der Waals surface area contributed by atoms with Gasteiger partial charge in [0.1, 0.15) is 5.54 Å². The lowest BCUT2D eigenvalue weighted by Crippen LogP contribution is -2.57. The Bertz CT molecular complexity index is 287. The molecule has 0 aromatic rings. The quantitative estimate of drug-likeness (QED) is 0.732. The summed E-state index contributed by atoms with van der Waals surface area (Å²) < 4.78 is 0. The first-order chi connectivity index (χ1) is 7.64. The van der Waals surface area contributed by atoms with Crippen LogP contribution in [0.2, 0.25) is 0 Å². The molecule has 5 heteroatoms. The molecule has 100 valence electrons. The largest absolute Gasteiger partial charge is 0.480 e. The van der Waals surface area contributed by atoms with Crippen molar-refractivity contribution in [3.05, 3.63) is 0 Å². The fourth-order valence-corrected chi connectivity index (χ4v) is 1.75. The number of carboxylic acids is 1. The van der Waals surface area contributed by atoms with Crippen LogP contribution in [0.3, 0.4) is 0 Å². The molecule has 0 spiro atoms. The van der Waals surface area contributed by atoms with Gasteiger partial charge in [-0.15, -0.1) is 0 Å². The van der Waals surface area contributed by atoms with Crippen LogP contribution >= 0.6 is 0 Å². The molecular formula is C12H24N2O3. The normalized spacial score (nSPS) is 13.6. The zero-order valence-corrected chi connectivity index (χ0v) is 11.4. The lowest BCUT2D eigenvalue weighted by atomic mass is 9.98. The van der Waals surface area contributed by atoms with E-state index in [0.29, 0.717) is 18.9 Å². The fourth-order valence-electron chi connectivity index (χ4n) is 1.75. The smallest absolute Gasteiger partial charge is 0.329 e. The Labute approximate surface area is 103 Å². The summed E-state index contributed by atoms with van der Waals surface area (Å²) in [6.07, 6.45) is 0.561. The first kappa shape index (κ1) is 15.9. The number of carboxylic acid groups (broad SMARTS) is 1. The zero-order chi connectivity index (χ0) is 13.8. The Morgan fingerprint density at radius 2 is 1.82 bits per heavy atom. The van der Waals surface area contributed by atoms with Crippen LogP contribution in [-0.2, 0) is 9.59 Å². The third kappa shape index (κ3) is 4.00. The molecule has 0 bridgehead atoms. The summed E-state index contributed by atoms with van der Waals surface area (Å²) in [7, 11) is 0. The maximum Gasteiger partial charge on any atom is 0.329 e. The maximum atomic E-state index is 12.1. The molecule has 0 saturated carbocycles. The highest BCUT2D eigenvalue weighted by Crippen LogP contribution is 2.17. The van der Waals surface area contributed by atoms with Crippen LogP contribution in [0.5, 0.6) is 0 Å². The van der Waals surface area contributed by atoms with Gasteiger partial charge >= 0.3 is 5.97 Å². The number of amides is 1. The fraction of sp³-hybridized carbons (Fsp3) is 0.833. The third-order valence-corrected chi connectivity index (χ3v) is 2.82. The molecule has 1 unspecified atom stereocenters. The molecule has 0 aliphatic heterocycles. The predicted molar refractivity (Wildman–Crippen MR) is 66.5 cm³/mol. The summed E-state index contributed by atoms with van der Waals surface area (Å²) >= 11 is 0. The van der Waals surface area contributed by atoms with E-state index in [1.54, 1.807) is 6.92 Å². The predicted octanol–water partition coefficient (Wildman–Crippen LogP) is 1.07. The first-order valence-electron chi connectivity index (χ1n) is 5.95. The van der Waals surface area contributed by atoms with Gasteiger partial charge in [-0.25, -0.2) is 4.79 Å². The third-order valence-electron chi connectivity index (χ3n) is 2.82. The number of hydrogen-bond donors (Lipinski definition) is 2. The van der Waals surface area contributed by atoms with Crippen LogP contribution in [0, 0.1) is 5.92 Å². The molecule has 0 aliphatic rings. The van der Waals surface area contributed by atoms with E-state index < -0.39 is 17.6 Å². The average molecular weight is 244 g/mol. The highest BCUT2D eigenvalue weighted by molar-refractivity contribution is 5.89. The standard InChI is InChI=1S/C12H24N2O3/c1-6-14(12(4,5)11(16)17)10(15)9(13)7-8(2)3/h8-9H,6-7,13H2,1-5H3,(H,16,17). The van der Waals surface area contributed by atoms with Gasteiger partial charge in [-0.1, -0.05) is 13.8 Å². The van der Waals surface area contributed by atoms with E-state index in [4.69, 9.17) is 10.8 Å². The monoisotopic (exact) mass is 244 g/mol. The number of rotatable bonds is 6. The molecule has 0 heterocycles. The van der Waals surface area contributed by atoms with Crippen molar-refractivity contribution in [1.29, 1.82) is 0 Å². The minimum Gasteiger partial charge on any atom is -0.480 e. The summed E-state index contributed by atoms with van der Waals surface area (Å²) in [6, 6.07) is -0.631. The van der Waals surface area contributed by atoms with Gasteiger partial charge in [0, 0.05) is 6.54 Å². The highest BCUT2D eigenvalue weighted by atomic mass is 16.4. The summed E-state index contributed by atoms with van der Waals surface area (Å²) in [5.41, 5.74) is 4.59. The molecule has 0 aromatic carbocycles. The van der Waals surface area contributed by atoms with Gasteiger partial charge in [-0.3, -0.25) is 4.79 Å². The van der Waals surface area contributed by atoms with E-state index in [0.717, 1.165) is 0 Å². The van der Waals surface area contributed by atoms with Gasteiger partial charge in [0.15, 0.2) is 0 Å². The second-order valence-electron chi connectivity index (χ2n) is 5.18. The van der Waals surface area contributed by atoms with Crippen LogP contribution in [-0.4, -0.2) is 40.0 Å². The summed E-state index contributed by atoms with van der Waals surface area (Å²) in [4.78, 5) is 24.6. The molecular weight excluding hydrogens is 220 g/mol. The average Bonchev–Trinajstić information content (AvgIpc) is 2.16. The number of aliphatic carboxylic acids is 1. The molecule has 0 saturated heterocycles. The second kappa shape index (κ2) is 6.00. The lowest BCUT2D eigenvalue weighted by Gasteiger charge is -2.36. The number of likely N-dealkylation sites (N-methyl/N-ethyl adjacent to an activating group) is 1. The molecule has 0 aliphatic carbocycles. The zero-order valence-electron chi connectivity index (χ0n) is 11.4. The van der Waals surface area contributed by atoms with Crippen molar-refractivity contribution in [3.8, 4) is 0 Å². The van der Waals surface area contributed by atoms with Crippen molar-refractivity contribution < 1.29 is 14.7 Å². The lowest BCUT2D eigenvalue weighted by molar-refractivity contribution is -0.157. The van der Waals surface area contributed by atoms with Gasteiger partial charge in [-0.05, 0) is 33.1 Å². The van der Waals surface area contributed by atoms with Crippen LogP contribution in [0.1, 0.15) is 41.0 Å². The SMILES string of the molecule is CCN(C(=O)C(N)CC(C)C)C(C)(C)C(=O)O. The molecule has 1 amide bonds. The number of hydrogen-bond acceptors (Lipinski definition) is 3. The maximum absolute atomic E-state index is 12.1. The molecule has 5 nitrogen and oxygen atoms in total. The Balaban J connectivity index is 4.89. The Kier molecular flexibility index (Phi) is 5.61. The number of nitrogens with two attached hydrogens (primary N) is 1. The van der Waals surface area contributed by atoms with E-state index >= 15 is 0 Å². The van der Waals surface area contributed by atoms with E-state index in [1.807, 2.05) is 13.8 Å². The Hall–Kier alpha value is -1.10. The molecule has 17 heavy (non-hydrogen) atoms. The molecule has 0 rings (SSSR count). The highest BCUT2D eigenvalue weighted by Gasteiger charge is 2.38. The minimum atomic E-state index is -1.22. The van der Waals surface area contributed by atoms with Gasteiger partial charge in [0.25, 0.3) is 0 Å². The van der Waals surface area contributed by atoms with Crippen molar-refractivity contribution in [2.24, 2.45) is 11.7 Å². The van der Waals surface area contributed by atoms with E-state index in [2.05, 4.69) is 0 Å². The molecule has 1 atom stereocenters. The van der Waals surface area contributed by atoms with Gasteiger partial charge in [0.05, 0.1) is 6.04 Å². The topological polar surface area (TPSA) is 83.6 Å². The van der Waals surface area contributed by atoms with Crippen LogP contribution in [0.15, 0.2) is 0 Å². The molecule has 0 fully saturated rings. The Morgan fingerprint density at radius 3 is 2.12 bits per heavy atom. The minimum absolute atomic E-state index is 0.298. The van der Waals surface area contributed by atoms with E-state index in [1.165, 1.54) is 18.7 Å². The summed E-state index contributed by atoms with van der Waals surface area (Å²) in [5.74, 6) is -1.02. The van der Waals surface area contributed by atoms with Gasteiger partial charge < -0.3 is 15.7 Å². The van der Waals surface area contributed by atoms with Crippen LogP contribution in [0.4, 0.5) is 0 Å². The van der Waals surface area contributed by atoms with Crippen molar-refractivity contribution in [3.63, 3.8) is 0 Å². The summed E-state index contributed by atoms with van der Waals surface area (Å²) in [5, 5.41) is 9.12. The molecule has 0 aromatic heterocycles. The molecule has 3 N–H and O–H groups in total. The Morgan fingerprint density at radius 1 is 1.35 bits per heavy atom. The number of nitrogens with zero attached hydrogens (tertiary/aromatic N) is 1. The molecule has 0 radical (unpaired) electrons. The van der Waals surface area contributed by atoms with Crippen LogP contribution in [0.25, 0.3) is 0 Å². The van der Waals surface area contributed by atoms with Crippen molar-refractivity contribution >= 4 is 11.9 Å². The van der Waals surface area contributed by atoms with E-state index in [9.17, 15) is 9.59 Å². The van der Waals surface area contributed by atoms with Crippen molar-refractivity contribution in [2.75, 3.05) is 6.54 Å². The van der Waals surface area contributed by atoms with Crippen molar-refractivity contribution in [1.82, 2.24) is 4.90 Å². The first-order valence-corrected chi connectivity index (χ1v) is 5.95. The van der Waals surface area contributed by atoms with Crippen molar-refractivity contribution in [2.45, 2.75) is 52.6 Å². The summed E-state index contributed by atoms with van der Waals surface area (Å²) in [6.45, 7) is 9.07. The van der Waals surface area contributed by atoms with Crippen LogP contribution < -0.4 is 5.73 Å². The second-order valence-corrected chi connectivity index (χ2v) is 5.18. The van der Waals surface area contributed by atoms with Gasteiger partial charge in [0.2, 0.25) is 5.91 Å². The number of carbonyl (C=O) groups is 2. The number of carbonyl (C=O) groups excluding carboxylic acids is 1.